The average molecular weight is 465 g/mol. The van der Waals surface area contributed by atoms with Gasteiger partial charge in [-0.25, -0.2) is 18.1 Å². The van der Waals surface area contributed by atoms with Crippen LogP contribution < -0.4 is 5.32 Å². The summed E-state index contributed by atoms with van der Waals surface area (Å²) in [5.74, 6) is -0.575. The number of benzene rings is 1. The minimum absolute atomic E-state index is 0.0665. The van der Waals surface area contributed by atoms with Gasteiger partial charge in [-0.2, -0.15) is 9.40 Å². The maximum atomic E-state index is 13.1. The molecular formula is C19H21ClN6O4S. The summed E-state index contributed by atoms with van der Waals surface area (Å²) < 4.78 is 34.1. The molecule has 1 aromatic carbocycles. The van der Waals surface area contributed by atoms with Crippen molar-refractivity contribution in [3.63, 3.8) is 0 Å². The molecule has 3 aromatic rings. The summed E-state index contributed by atoms with van der Waals surface area (Å²) in [6.07, 6.45) is 4.03. The zero-order valence-corrected chi connectivity index (χ0v) is 18.5. The lowest BCUT2D eigenvalue weighted by atomic mass is 9.98. The number of aryl methyl sites for hydroxylation is 2. The summed E-state index contributed by atoms with van der Waals surface area (Å²) in [6, 6.07) is 5.03. The summed E-state index contributed by atoms with van der Waals surface area (Å²) in [4.78, 5) is 17.0. The molecule has 1 atom stereocenters. The van der Waals surface area contributed by atoms with Crippen LogP contribution in [-0.2, 0) is 14.8 Å². The molecule has 1 unspecified atom stereocenters. The van der Waals surface area contributed by atoms with E-state index >= 15 is 0 Å². The molecule has 1 N–H and O–H groups in total. The normalized spacial score (nSPS) is 17.6. The van der Waals surface area contributed by atoms with Gasteiger partial charge in [0.2, 0.25) is 15.9 Å². The highest BCUT2D eigenvalue weighted by molar-refractivity contribution is 7.89. The number of hydrogen-bond acceptors (Lipinski definition) is 7. The number of sulfonamides is 1. The predicted octanol–water partition coefficient (Wildman–Crippen LogP) is 2.56. The van der Waals surface area contributed by atoms with Crippen LogP contribution in [0.3, 0.4) is 0 Å². The van der Waals surface area contributed by atoms with E-state index in [1.807, 2.05) is 0 Å². The molecule has 164 valence electrons. The number of hydrogen-bond donors (Lipinski definition) is 1. The topological polar surface area (TPSA) is 123 Å². The Labute approximate surface area is 184 Å². The molecule has 0 aliphatic carbocycles. The van der Waals surface area contributed by atoms with Crippen LogP contribution in [0, 0.1) is 19.8 Å². The maximum Gasteiger partial charge on any atom is 0.248 e. The third-order valence-corrected chi connectivity index (χ3v) is 7.55. The Morgan fingerprint density at radius 2 is 2.13 bits per heavy atom. The van der Waals surface area contributed by atoms with Crippen molar-refractivity contribution in [3.05, 3.63) is 47.3 Å². The van der Waals surface area contributed by atoms with E-state index in [0.29, 0.717) is 41.5 Å². The van der Waals surface area contributed by atoms with Gasteiger partial charge in [0.05, 0.1) is 17.3 Å². The Bertz CT molecular complexity index is 1190. The average Bonchev–Trinajstić information content (AvgIpc) is 3.38. The fourth-order valence-electron chi connectivity index (χ4n) is 3.72. The molecule has 31 heavy (non-hydrogen) atoms. The second-order valence-corrected chi connectivity index (χ2v) is 9.66. The molecule has 0 bridgehead atoms. The van der Waals surface area contributed by atoms with Crippen LogP contribution in [0.15, 0.2) is 40.3 Å². The number of aromatic nitrogens is 4. The second kappa shape index (κ2) is 8.40. The lowest BCUT2D eigenvalue weighted by Crippen LogP contribution is -2.44. The molecule has 1 aliphatic heterocycles. The molecule has 1 aliphatic rings. The molecular weight excluding hydrogens is 444 g/mol. The van der Waals surface area contributed by atoms with E-state index in [0.717, 1.165) is 0 Å². The molecule has 1 amide bonds. The SMILES string of the molecule is Cc1noc(C)c1S(=O)(=O)N1CCCC(C(=O)Nc2cc(Cl)ccc2-n2cncn2)C1. The van der Waals surface area contributed by atoms with Crippen LogP contribution in [0.4, 0.5) is 5.69 Å². The van der Waals surface area contributed by atoms with Crippen LogP contribution >= 0.6 is 11.6 Å². The third kappa shape index (κ3) is 4.21. The molecule has 0 spiro atoms. The van der Waals surface area contributed by atoms with Crippen molar-refractivity contribution in [2.24, 2.45) is 5.92 Å². The van der Waals surface area contributed by atoms with Crippen molar-refractivity contribution in [2.75, 3.05) is 18.4 Å². The number of nitrogens with zero attached hydrogens (tertiary/aromatic N) is 5. The largest absolute Gasteiger partial charge is 0.360 e. The van der Waals surface area contributed by atoms with Crippen LogP contribution in [0.2, 0.25) is 5.02 Å². The van der Waals surface area contributed by atoms with Crippen molar-refractivity contribution in [2.45, 2.75) is 31.6 Å². The molecule has 12 heteroatoms. The summed E-state index contributed by atoms with van der Waals surface area (Å²) in [7, 11) is -3.82. The van der Waals surface area contributed by atoms with Crippen LogP contribution in [-0.4, -0.2) is 51.6 Å². The molecule has 1 saturated heterocycles. The lowest BCUT2D eigenvalue weighted by molar-refractivity contribution is -0.120. The Hall–Kier alpha value is -2.76. The maximum absolute atomic E-state index is 13.1. The highest BCUT2D eigenvalue weighted by Gasteiger charge is 2.36. The van der Waals surface area contributed by atoms with E-state index in [1.54, 1.807) is 32.0 Å². The third-order valence-electron chi connectivity index (χ3n) is 5.20. The van der Waals surface area contributed by atoms with Gasteiger partial charge in [-0.3, -0.25) is 4.79 Å². The number of piperidine rings is 1. The van der Waals surface area contributed by atoms with Crippen LogP contribution in [0.5, 0.6) is 0 Å². The highest BCUT2D eigenvalue weighted by Crippen LogP contribution is 2.29. The Morgan fingerprint density at radius 3 is 2.81 bits per heavy atom. The Kier molecular flexibility index (Phi) is 5.82. The van der Waals surface area contributed by atoms with Crippen molar-refractivity contribution < 1.29 is 17.7 Å². The molecule has 2 aromatic heterocycles. The molecule has 0 saturated carbocycles. The Balaban J connectivity index is 1.55. The zero-order chi connectivity index (χ0) is 22.2. The summed E-state index contributed by atoms with van der Waals surface area (Å²) in [5, 5.41) is 11.2. The van der Waals surface area contributed by atoms with E-state index in [2.05, 4.69) is 20.6 Å². The van der Waals surface area contributed by atoms with E-state index in [-0.39, 0.29) is 23.1 Å². The number of halogens is 1. The van der Waals surface area contributed by atoms with Gasteiger partial charge in [0.15, 0.2) is 5.76 Å². The first-order valence-electron chi connectivity index (χ1n) is 9.66. The van der Waals surface area contributed by atoms with Crippen molar-refractivity contribution in [3.8, 4) is 5.69 Å². The first kappa shape index (κ1) is 21.5. The van der Waals surface area contributed by atoms with Gasteiger partial charge >= 0.3 is 0 Å². The molecule has 4 rings (SSSR count). The van der Waals surface area contributed by atoms with Crippen molar-refractivity contribution in [1.29, 1.82) is 0 Å². The van der Waals surface area contributed by atoms with Crippen molar-refractivity contribution in [1.82, 2.24) is 24.2 Å². The standard InChI is InChI=1S/C19H21ClN6O4S/c1-12-18(13(2)30-24-12)31(28,29)25-7-3-4-14(9-25)19(27)23-16-8-15(20)5-6-17(16)26-11-21-10-22-26/h5-6,8,10-11,14H,3-4,7,9H2,1-2H3,(H,23,27). The summed E-state index contributed by atoms with van der Waals surface area (Å²) in [6.45, 7) is 3.54. The number of carbonyl (C=O) groups excluding carboxylic acids is 1. The molecule has 0 radical (unpaired) electrons. The fraction of sp³-hybridized carbons (Fsp3) is 0.368. The summed E-state index contributed by atoms with van der Waals surface area (Å²) >= 11 is 6.12. The number of nitrogens with one attached hydrogen (secondary N) is 1. The van der Waals surface area contributed by atoms with Crippen LogP contribution in [0.1, 0.15) is 24.3 Å². The number of carbonyl (C=O) groups is 1. The lowest BCUT2D eigenvalue weighted by Gasteiger charge is -2.31. The van der Waals surface area contributed by atoms with Crippen molar-refractivity contribution >= 4 is 33.2 Å². The highest BCUT2D eigenvalue weighted by atomic mass is 35.5. The van der Waals surface area contributed by atoms with E-state index in [4.69, 9.17) is 16.1 Å². The van der Waals surface area contributed by atoms with Gasteiger partial charge in [0.1, 0.15) is 23.2 Å². The number of anilines is 1. The quantitative estimate of drug-likeness (QED) is 0.615. The van der Waals surface area contributed by atoms with Crippen LogP contribution in [0.25, 0.3) is 5.69 Å². The molecule has 10 nitrogen and oxygen atoms in total. The van der Waals surface area contributed by atoms with Gasteiger partial charge in [-0.1, -0.05) is 16.8 Å². The van der Waals surface area contributed by atoms with Gasteiger partial charge < -0.3 is 9.84 Å². The smallest absolute Gasteiger partial charge is 0.248 e. The van der Waals surface area contributed by atoms with E-state index in [1.165, 1.54) is 21.6 Å². The fourth-order valence-corrected chi connectivity index (χ4v) is 5.71. The minimum atomic E-state index is -3.82. The number of rotatable bonds is 5. The Morgan fingerprint density at radius 1 is 1.32 bits per heavy atom. The first-order valence-corrected chi connectivity index (χ1v) is 11.5. The predicted molar refractivity (Wildman–Crippen MR) is 112 cm³/mol. The second-order valence-electron chi connectivity index (χ2n) is 7.35. The molecule has 1 fully saturated rings. The van der Waals surface area contributed by atoms with Gasteiger partial charge in [-0.05, 0) is 44.9 Å². The minimum Gasteiger partial charge on any atom is -0.360 e. The first-order chi connectivity index (χ1) is 14.8. The number of amides is 1. The van der Waals surface area contributed by atoms with Gasteiger partial charge in [0.25, 0.3) is 0 Å². The molecule has 3 heterocycles. The summed E-state index contributed by atoms with van der Waals surface area (Å²) in [5.41, 5.74) is 1.38. The van der Waals surface area contributed by atoms with Gasteiger partial charge in [0, 0.05) is 18.1 Å². The van der Waals surface area contributed by atoms with E-state index < -0.39 is 15.9 Å². The monoisotopic (exact) mass is 464 g/mol. The zero-order valence-electron chi connectivity index (χ0n) is 16.9. The van der Waals surface area contributed by atoms with Gasteiger partial charge in [-0.15, -0.1) is 0 Å². The van der Waals surface area contributed by atoms with E-state index in [9.17, 15) is 13.2 Å².